The number of amides is 1. The molecule has 25 heavy (non-hydrogen) atoms. The Labute approximate surface area is 148 Å². The molecule has 1 aliphatic heterocycles. The number of pyridine rings is 1. The predicted molar refractivity (Wildman–Crippen MR) is 95.6 cm³/mol. The minimum Gasteiger partial charge on any atom is -0.467 e. The summed E-state index contributed by atoms with van der Waals surface area (Å²) < 4.78 is 11.1. The van der Waals surface area contributed by atoms with E-state index in [1.165, 1.54) is 0 Å². The minimum absolute atomic E-state index is 0.0401. The van der Waals surface area contributed by atoms with Gasteiger partial charge < -0.3 is 19.0 Å². The van der Waals surface area contributed by atoms with Crippen LogP contribution in [0.5, 0.6) is 0 Å². The number of rotatable bonds is 5. The summed E-state index contributed by atoms with van der Waals surface area (Å²) in [4.78, 5) is 21.2. The number of nitrogens with zero attached hydrogens (tertiary/aromatic N) is 3. The van der Waals surface area contributed by atoms with Crippen molar-refractivity contribution in [1.82, 2.24) is 9.88 Å². The molecule has 0 aliphatic carbocycles. The summed E-state index contributed by atoms with van der Waals surface area (Å²) in [5, 5.41) is 0. The standard InChI is InChI=1S/C19H25N3O3/c1-4-21(13-17-6-5-9-24-17)19(23)16-7-8-18(20-10-16)22-11-14(2)25-15(3)12-22/h5-10,14-15H,4,11-13H2,1-3H3/t14-,15-/m0/s1. The van der Waals surface area contributed by atoms with Gasteiger partial charge >= 0.3 is 0 Å². The third-order valence-electron chi connectivity index (χ3n) is 4.33. The quantitative estimate of drug-likeness (QED) is 0.835. The van der Waals surface area contributed by atoms with Crippen molar-refractivity contribution < 1.29 is 13.9 Å². The number of furan rings is 1. The highest BCUT2D eigenvalue weighted by atomic mass is 16.5. The number of morpholine rings is 1. The maximum absolute atomic E-state index is 12.7. The summed E-state index contributed by atoms with van der Waals surface area (Å²) in [6, 6.07) is 7.46. The van der Waals surface area contributed by atoms with Gasteiger partial charge in [-0.2, -0.15) is 0 Å². The monoisotopic (exact) mass is 343 g/mol. The molecule has 0 N–H and O–H groups in total. The molecule has 2 atom stereocenters. The van der Waals surface area contributed by atoms with Crippen LogP contribution in [0.25, 0.3) is 0 Å². The summed E-state index contributed by atoms with van der Waals surface area (Å²) in [6.45, 7) is 8.78. The van der Waals surface area contributed by atoms with Crippen LogP contribution in [0.3, 0.4) is 0 Å². The Morgan fingerprint density at radius 3 is 2.60 bits per heavy atom. The van der Waals surface area contributed by atoms with Gasteiger partial charge in [0.25, 0.3) is 5.91 Å². The fraction of sp³-hybridized carbons (Fsp3) is 0.474. The number of hydrogen-bond acceptors (Lipinski definition) is 5. The van der Waals surface area contributed by atoms with Crippen LogP contribution in [0, 0.1) is 0 Å². The summed E-state index contributed by atoms with van der Waals surface area (Å²) in [5.74, 6) is 1.62. The first kappa shape index (κ1) is 17.5. The van der Waals surface area contributed by atoms with Crippen molar-refractivity contribution in [2.75, 3.05) is 24.5 Å². The van der Waals surface area contributed by atoms with E-state index in [2.05, 4.69) is 23.7 Å². The van der Waals surface area contributed by atoms with Gasteiger partial charge in [0.15, 0.2) is 0 Å². The maximum atomic E-state index is 12.7. The molecule has 3 heterocycles. The molecule has 6 nitrogen and oxygen atoms in total. The maximum Gasteiger partial charge on any atom is 0.255 e. The van der Waals surface area contributed by atoms with Gasteiger partial charge in [-0.3, -0.25) is 4.79 Å². The van der Waals surface area contributed by atoms with Crippen molar-refractivity contribution >= 4 is 11.7 Å². The molecule has 1 fully saturated rings. The molecule has 2 aromatic rings. The first-order valence-electron chi connectivity index (χ1n) is 8.75. The van der Waals surface area contributed by atoms with Crippen LogP contribution in [0.1, 0.15) is 36.9 Å². The van der Waals surface area contributed by atoms with E-state index in [1.54, 1.807) is 17.4 Å². The van der Waals surface area contributed by atoms with Crippen LogP contribution in [-0.2, 0) is 11.3 Å². The summed E-state index contributed by atoms with van der Waals surface area (Å²) in [6.07, 6.45) is 3.63. The van der Waals surface area contributed by atoms with Gasteiger partial charge in [-0.15, -0.1) is 0 Å². The van der Waals surface area contributed by atoms with Crippen molar-refractivity contribution in [3.8, 4) is 0 Å². The van der Waals surface area contributed by atoms with Crippen molar-refractivity contribution in [1.29, 1.82) is 0 Å². The topological polar surface area (TPSA) is 58.8 Å². The summed E-state index contributed by atoms with van der Waals surface area (Å²) in [5.41, 5.74) is 0.589. The molecule has 3 rings (SSSR count). The van der Waals surface area contributed by atoms with Crippen molar-refractivity contribution in [3.63, 3.8) is 0 Å². The summed E-state index contributed by atoms with van der Waals surface area (Å²) >= 11 is 0. The van der Waals surface area contributed by atoms with E-state index >= 15 is 0 Å². The SMILES string of the molecule is CCN(Cc1ccco1)C(=O)c1ccc(N2C[C@H](C)O[C@@H](C)C2)nc1. The third kappa shape index (κ3) is 4.20. The molecule has 0 saturated carbocycles. The van der Waals surface area contributed by atoms with E-state index < -0.39 is 0 Å². The fourth-order valence-corrected chi connectivity index (χ4v) is 3.17. The van der Waals surface area contributed by atoms with Gasteiger partial charge in [0.05, 0.1) is 30.6 Å². The highest BCUT2D eigenvalue weighted by Crippen LogP contribution is 2.19. The first-order valence-corrected chi connectivity index (χ1v) is 8.75. The normalized spacial score (nSPS) is 20.5. The lowest BCUT2D eigenvalue weighted by atomic mass is 10.2. The van der Waals surface area contributed by atoms with Gasteiger partial charge in [0.1, 0.15) is 11.6 Å². The lowest BCUT2D eigenvalue weighted by Crippen LogP contribution is -2.45. The Balaban J connectivity index is 1.69. The molecule has 6 heteroatoms. The van der Waals surface area contributed by atoms with E-state index in [0.717, 1.165) is 24.7 Å². The van der Waals surface area contributed by atoms with Crippen LogP contribution in [0.2, 0.25) is 0 Å². The number of ether oxygens (including phenoxy) is 1. The average Bonchev–Trinajstić information content (AvgIpc) is 3.11. The molecule has 1 aliphatic rings. The molecular weight excluding hydrogens is 318 g/mol. The Morgan fingerprint density at radius 2 is 2.04 bits per heavy atom. The van der Waals surface area contributed by atoms with Gasteiger partial charge in [-0.25, -0.2) is 4.98 Å². The van der Waals surface area contributed by atoms with E-state index in [0.29, 0.717) is 18.7 Å². The summed E-state index contributed by atoms with van der Waals surface area (Å²) in [7, 11) is 0. The Kier molecular flexibility index (Phi) is 5.38. The minimum atomic E-state index is -0.0401. The molecular formula is C19H25N3O3. The number of hydrogen-bond donors (Lipinski definition) is 0. The van der Waals surface area contributed by atoms with Crippen LogP contribution >= 0.6 is 0 Å². The zero-order valence-electron chi connectivity index (χ0n) is 15.0. The van der Waals surface area contributed by atoms with Gasteiger partial charge in [-0.1, -0.05) is 0 Å². The molecule has 1 saturated heterocycles. The molecule has 2 aromatic heterocycles. The van der Waals surface area contributed by atoms with Crippen LogP contribution in [0.4, 0.5) is 5.82 Å². The molecule has 0 radical (unpaired) electrons. The molecule has 0 spiro atoms. The number of carbonyl (C=O) groups is 1. The Hall–Kier alpha value is -2.34. The van der Waals surface area contributed by atoms with Crippen LogP contribution in [-0.4, -0.2) is 47.6 Å². The molecule has 0 unspecified atom stereocenters. The second kappa shape index (κ2) is 7.70. The highest BCUT2D eigenvalue weighted by molar-refractivity contribution is 5.94. The third-order valence-corrected chi connectivity index (χ3v) is 4.33. The lowest BCUT2D eigenvalue weighted by molar-refractivity contribution is -0.00546. The largest absolute Gasteiger partial charge is 0.467 e. The van der Waals surface area contributed by atoms with Gasteiger partial charge in [0.2, 0.25) is 0 Å². The number of anilines is 1. The van der Waals surface area contributed by atoms with E-state index in [1.807, 2.05) is 31.2 Å². The van der Waals surface area contributed by atoms with Crippen molar-refractivity contribution in [3.05, 3.63) is 48.0 Å². The molecule has 0 aromatic carbocycles. The smallest absolute Gasteiger partial charge is 0.255 e. The fourth-order valence-electron chi connectivity index (χ4n) is 3.17. The number of carbonyl (C=O) groups excluding carboxylic acids is 1. The molecule has 1 amide bonds. The van der Waals surface area contributed by atoms with E-state index in [-0.39, 0.29) is 18.1 Å². The zero-order valence-corrected chi connectivity index (χ0v) is 15.0. The van der Waals surface area contributed by atoms with Gasteiger partial charge in [-0.05, 0) is 45.0 Å². The van der Waals surface area contributed by atoms with Gasteiger partial charge in [0, 0.05) is 25.8 Å². The van der Waals surface area contributed by atoms with Crippen LogP contribution in [0.15, 0.2) is 41.1 Å². The Morgan fingerprint density at radius 1 is 1.28 bits per heavy atom. The zero-order chi connectivity index (χ0) is 17.8. The molecule has 0 bridgehead atoms. The average molecular weight is 343 g/mol. The van der Waals surface area contributed by atoms with E-state index in [4.69, 9.17) is 9.15 Å². The highest BCUT2D eigenvalue weighted by Gasteiger charge is 2.23. The van der Waals surface area contributed by atoms with Crippen molar-refractivity contribution in [2.45, 2.75) is 39.5 Å². The van der Waals surface area contributed by atoms with Crippen LogP contribution < -0.4 is 4.90 Å². The Bertz CT molecular complexity index is 674. The predicted octanol–water partition coefficient (Wildman–Crippen LogP) is 2.95. The second-order valence-corrected chi connectivity index (χ2v) is 6.47. The molecule has 134 valence electrons. The van der Waals surface area contributed by atoms with E-state index in [9.17, 15) is 4.79 Å². The van der Waals surface area contributed by atoms with Crippen molar-refractivity contribution in [2.24, 2.45) is 0 Å². The number of aromatic nitrogens is 1. The second-order valence-electron chi connectivity index (χ2n) is 6.47. The lowest BCUT2D eigenvalue weighted by Gasteiger charge is -2.36. The first-order chi connectivity index (χ1) is 12.1.